The lowest BCUT2D eigenvalue weighted by molar-refractivity contribution is 0.146. The van der Waals surface area contributed by atoms with Crippen molar-refractivity contribution in [1.29, 1.82) is 0 Å². The Labute approximate surface area is 250 Å². The Bertz CT molecular complexity index is 1650. The maximum Gasteiger partial charge on any atom is 0.267 e. The first-order valence-electron chi connectivity index (χ1n) is 13.6. The normalized spacial score (nSPS) is 15.1. The third-order valence-corrected chi connectivity index (χ3v) is 8.33. The van der Waals surface area contributed by atoms with E-state index >= 15 is 0 Å². The second kappa shape index (κ2) is 13.2. The topological polar surface area (TPSA) is 154 Å². The molecule has 0 radical (unpaired) electrons. The van der Waals surface area contributed by atoms with Gasteiger partial charge in [-0.1, -0.05) is 18.2 Å². The van der Waals surface area contributed by atoms with Crippen molar-refractivity contribution in [3.63, 3.8) is 0 Å². The molecule has 12 nitrogen and oxygen atoms in total. The zero-order valence-corrected chi connectivity index (χ0v) is 24.8. The average Bonchev–Trinajstić information content (AvgIpc) is 3.04. The molecular formula is C30H33N5O7S. The Kier molecular flexibility index (Phi) is 9.24. The molecule has 2 aromatic carbocycles. The second-order valence-electron chi connectivity index (χ2n) is 9.81. The maximum atomic E-state index is 13.4. The van der Waals surface area contributed by atoms with E-state index in [0.717, 1.165) is 35.3 Å². The molecule has 0 amide bonds. The monoisotopic (exact) mass is 607 g/mol. The van der Waals surface area contributed by atoms with Crippen molar-refractivity contribution in [1.82, 2.24) is 20.3 Å². The molecule has 3 N–H and O–H groups in total. The van der Waals surface area contributed by atoms with Gasteiger partial charge in [0.1, 0.15) is 22.5 Å². The van der Waals surface area contributed by atoms with E-state index in [9.17, 15) is 13.5 Å². The first-order valence-corrected chi connectivity index (χ1v) is 15.0. The van der Waals surface area contributed by atoms with Crippen LogP contribution in [0.5, 0.6) is 23.3 Å². The van der Waals surface area contributed by atoms with Crippen LogP contribution in [0, 0.1) is 0 Å². The predicted molar refractivity (Wildman–Crippen MR) is 159 cm³/mol. The van der Waals surface area contributed by atoms with Gasteiger partial charge in [0.25, 0.3) is 10.0 Å². The number of aromatic nitrogens is 3. The van der Waals surface area contributed by atoms with Gasteiger partial charge in [0, 0.05) is 31.0 Å². The number of hydrogen-bond donors (Lipinski definition) is 3. The number of benzene rings is 2. The molecule has 0 bridgehead atoms. The predicted octanol–water partition coefficient (Wildman–Crippen LogP) is 3.38. The zero-order valence-electron chi connectivity index (χ0n) is 24.0. The lowest BCUT2D eigenvalue weighted by Crippen LogP contribution is -2.36. The fourth-order valence-corrected chi connectivity index (χ4v) is 5.88. The van der Waals surface area contributed by atoms with Crippen LogP contribution in [0.4, 0.5) is 5.95 Å². The van der Waals surface area contributed by atoms with Gasteiger partial charge >= 0.3 is 0 Å². The number of nitrogens with zero attached hydrogens (tertiary/aromatic N) is 3. The number of anilines is 1. The summed E-state index contributed by atoms with van der Waals surface area (Å²) < 4.78 is 51.1. The van der Waals surface area contributed by atoms with Crippen molar-refractivity contribution < 1.29 is 32.5 Å². The molecule has 1 aliphatic rings. The second-order valence-corrected chi connectivity index (χ2v) is 11.5. The van der Waals surface area contributed by atoms with Gasteiger partial charge in [0.05, 0.1) is 33.5 Å². The summed E-state index contributed by atoms with van der Waals surface area (Å²) in [5, 5.41) is 13.6. The average molecular weight is 608 g/mol. The molecule has 4 aromatic rings. The molecule has 0 aliphatic carbocycles. The highest BCUT2D eigenvalue weighted by atomic mass is 32.2. The highest BCUT2D eigenvalue weighted by Crippen LogP contribution is 2.35. The van der Waals surface area contributed by atoms with Crippen LogP contribution >= 0.6 is 0 Å². The summed E-state index contributed by atoms with van der Waals surface area (Å²) in [6.45, 7) is 0.987. The Morgan fingerprint density at radius 2 is 1.74 bits per heavy atom. The smallest absolute Gasteiger partial charge is 0.267 e. The fourth-order valence-electron chi connectivity index (χ4n) is 4.74. The molecule has 0 fully saturated rings. The fraction of sp³-hybridized carbons (Fsp3) is 0.300. The highest BCUT2D eigenvalue weighted by Gasteiger charge is 2.24. The van der Waals surface area contributed by atoms with Crippen molar-refractivity contribution in [2.24, 2.45) is 0 Å². The van der Waals surface area contributed by atoms with Crippen molar-refractivity contribution in [2.45, 2.75) is 29.9 Å². The number of aryl methyl sites for hydroxylation is 1. The van der Waals surface area contributed by atoms with Crippen LogP contribution in [0.25, 0.3) is 11.1 Å². The third kappa shape index (κ3) is 7.13. The van der Waals surface area contributed by atoms with Crippen LogP contribution in [-0.2, 0) is 16.4 Å². The molecule has 0 saturated heterocycles. The first kappa shape index (κ1) is 30.0. The van der Waals surface area contributed by atoms with E-state index in [1.165, 1.54) is 27.4 Å². The largest absolute Gasteiger partial charge is 0.495 e. The Morgan fingerprint density at radius 1 is 1.00 bits per heavy atom. The zero-order chi connectivity index (χ0) is 30.4. The number of aliphatic hydroxyl groups excluding tert-OH is 1. The van der Waals surface area contributed by atoms with Gasteiger partial charge in [-0.2, -0.15) is 9.97 Å². The number of fused-ring (bicyclic) bond motifs is 1. The van der Waals surface area contributed by atoms with E-state index in [-0.39, 0.29) is 34.5 Å². The van der Waals surface area contributed by atoms with E-state index in [4.69, 9.17) is 18.9 Å². The minimum atomic E-state index is -4.16. The molecule has 0 saturated carbocycles. The Morgan fingerprint density at radius 3 is 2.44 bits per heavy atom. The van der Waals surface area contributed by atoms with Gasteiger partial charge in [0.2, 0.25) is 17.7 Å². The standard InChI is InChI=1S/C30H33N5O7S/c1-39-26-11-8-20(14-27(26)43(37,38)35-30-33-28(40-2)15-29(34-30)41-3)19-7-10-25-21(13-19)6-9-23(42-25)17-32-18-24(36)22-5-4-12-31-16-22/h4-5,7-8,10-16,23-24,32,36H,6,9,17-18H2,1-3H3,(H,33,34,35)/t23-,24+/m1/s1. The molecule has 2 atom stereocenters. The number of hydrogen-bond acceptors (Lipinski definition) is 11. The van der Waals surface area contributed by atoms with Crippen LogP contribution in [0.1, 0.15) is 23.7 Å². The van der Waals surface area contributed by atoms with Gasteiger partial charge in [-0.15, -0.1) is 0 Å². The van der Waals surface area contributed by atoms with E-state index in [1.54, 1.807) is 36.7 Å². The number of sulfonamides is 1. The molecule has 1 aliphatic heterocycles. The molecular weight excluding hydrogens is 574 g/mol. The molecule has 226 valence electrons. The van der Waals surface area contributed by atoms with Crippen molar-refractivity contribution >= 4 is 16.0 Å². The molecule has 43 heavy (non-hydrogen) atoms. The summed E-state index contributed by atoms with van der Waals surface area (Å²) in [4.78, 5) is 12.1. The van der Waals surface area contributed by atoms with E-state index in [1.807, 2.05) is 24.3 Å². The van der Waals surface area contributed by atoms with Crippen LogP contribution in [0.2, 0.25) is 0 Å². The van der Waals surface area contributed by atoms with Gasteiger partial charge in [-0.05, 0) is 59.9 Å². The Balaban J connectivity index is 1.29. The summed E-state index contributed by atoms with van der Waals surface area (Å²) in [6.07, 6.45) is 4.22. The number of pyridine rings is 1. The Hall–Kier alpha value is -4.46. The van der Waals surface area contributed by atoms with Crippen molar-refractivity contribution in [3.05, 3.63) is 78.1 Å². The molecule has 3 heterocycles. The molecule has 13 heteroatoms. The molecule has 5 rings (SSSR count). The van der Waals surface area contributed by atoms with Crippen molar-refractivity contribution in [3.8, 4) is 34.4 Å². The number of ether oxygens (including phenoxy) is 4. The lowest BCUT2D eigenvalue weighted by Gasteiger charge is -2.27. The van der Waals surface area contributed by atoms with E-state index < -0.39 is 16.1 Å². The summed E-state index contributed by atoms with van der Waals surface area (Å²) in [6, 6.07) is 15.8. The van der Waals surface area contributed by atoms with E-state index in [0.29, 0.717) is 18.7 Å². The summed E-state index contributed by atoms with van der Waals surface area (Å²) in [5.74, 6) is 1.02. The summed E-state index contributed by atoms with van der Waals surface area (Å²) >= 11 is 0. The number of aliphatic hydroxyl groups is 1. The van der Waals surface area contributed by atoms with Crippen LogP contribution in [-0.4, -0.2) is 69.0 Å². The quantitative estimate of drug-likeness (QED) is 0.217. The summed E-state index contributed by atoms with van der Waals surface area (Å²) in [7, 11) is 0.0580. The third-order valence-electron chi connectivity index (χ3n) is 6.98. The summed E-state index contributed by atoms with van der Waals surface area (Å²) in [5.41, 5.74) is 3.30. The van der Waals surface area contributed by atoms with Crippen LogP contribution < -0.4 is 29.0 Å². The minimum Gasteiger partial charge on any atom is -0.495 e. The molecule has 0 unspecified atom stereocenters. The lowest BCUT2D eigenvalue weighted by atomic mass is 9.97. The van der Waals surface area contributed by atoms with Crippen molar-refractivity contribution in [2.75, 3.05) is 39.1 Å². The molecule has 2 aromatic heterocycles. The SMILES string of the molecule is COc1cc(OC)nc(NS(=O)(=O)c2cc(-c3ccc4c(c3)CC[C@H](CNC[C@H](O)c3cccnc3)O4)ccc2OC)n1. The highest BCUT2D eigenvalue weighted by molar-refractivity contribution is 7.92. The number of methoxy groups -OCH3 is 3. The van der Waals surface area contributed by atoms with Gasteiger partial charge < -0.3 is 29.4 Å². The minimum absolute atomic E-state index is 0.0410. The van der Waals surface area contributed by atoms with Crippen LogP contribution in [0.3, 0.4) is 0 Å². The molecule has 0 spiro atoms. The maximum absolute atomic E-state index is 13.4. The van der Waals surface area contributed by atoms with E-state index in [2.05, 4.69) is 25.0 Å². The van der Waals surface area contributed by atoms with Crippen LogP contribution in [0.15, 0.2) is 71.9 Å². The first-order chi connectivity index (χ1) is 20.8. The van der Waals surface area contributed by atoms with Gasteiger partial charge in [0.15, 0.2) is 0 Å². The van der Waals surface area contributed by atoms with Gasteiger partial charge in [-0.25, -0.2) is 13.1 Å². The van der Waals surface area contributed by atoms with Gasteiger partial charge in [-0.3, -0.25) is 4.98 Å². The number of nitrogens with one attached hydrogen (secondary N) is 2. The number of rotatable bonds is 12.